The molecule has 25 heavy (non-hydrogen) atoms. The molecular formula is C18H14Br2N2O3. The van der Waals surface area contributed by atoms with Crippen molar-refractivity contribution < 1.29 is 14.3 Å². The standard InChI is InChI=1S/C18H14Br2N2O3/c1-24-16-8-11(14(20)9-17(16)25-2)7-12(10-21)18(23)22-15-6-4-3-5-13(15)19/h3-9H,1-2H3,(H,22,23)/b12-7-. The molecule has 128 valence electrons. The lowest BCUT2D eigenvalue weighted by atomic mass is 10.1. The van der Waals surface area contributed by atoms with Crippen molar-refractivity contribution in [1.82, 2.24) is 0 Å². The summed E-state index contributed by atoms with van der Waals surface area (Å²) in [5.41, 5.74) is 1.17. The smallest absolute Gasteiger partial charge is 0.266 e. The number of rotatable bonds is 5. The highest BCUT2D eigenvalue weighted by Crippen LogP contribution is 2.34. The Morgan fingerprint density at radius 3 is 2.36 bits per heavy atom. The summed E-state index contributed by atoms with van der Waals surface area (Å²) in [6.45, 7) is 0. The fraction of sp³-hybridized carbons (Fsp3) is 0.111. The number of anilines is 1. The zero-order valence-electron chi connectivity index (χ0n) is 13.5. The van der Waals surface area contributed by atoms with E-state index in [0.717, 1.165) is 4.47 Å². The summed E-state index contributed by atoms with van der Waals surface area (Å²) in [6.07, 6.45) is 1.48. The van der Waals surface area contributed by atoms with Crippen LogP contribution in [-0.4, -0.2) is 20.1 Å². The third kappa shape index (κ3) is 4.62. The molecule has 7 heteroatoms. The molecule has 0 heterocycles. The third-order valence-corrected chi connectivity index (χ3v) is 4.67. The minimum absolute atomic E-state index is 0.0383. The Morgan fingerprint density at radius 2 is 1.76 bits per heavy atom. The van der Waals surface area contributed by atoms with Gasteiger partial charge in [0, 0.05) is 8.95 Å². The van der Waals surface area contributed by atoms with Crippen molar-refractivity contribution in [3.63, 3.8) is 0 Å². The van der Waals surface area contributed by atoms with Crippen LogP contribution in [0, 0.1) is 11.3 Å². The Bertz CT molecular complexity index is 873. The molecule has 5 nitrogen and oxygen atoms in total. The predicted octanol–water partition coefficient (Wildman–Crippen LogP) is 4.77. The Balaban J connectivity index is 2.36. The first-order chi connectivity index (χ1) is 12.0. The molecule has 1 N–H and O–H groups in total. The number of ether oxygens (including phenoxy) is 2. The highest BCUT2D eigenvalue weighted by atomic mass is 79.9. The number of carbonyl (C=O) groups is 1. The van der Waals surface area contributed by atoms with Gasteiger partial charge in [-0.3, -0.25) is 4.79 Å². The van der Waals surface area contributed by atoms with Crippen LogP contribution in [0.15, 0.2) is 50.9 Å². The van der Waals surface area contributed by atoms with Crippen molar-refractivity contribution in [1.29, 1.82) is 5.26 Å². The van der Waals surface area contributed by atoms with Crippen LogP contribution in [0.25, 0.3) is 6.08 Å². The van der Waals surface area contributed by atoms with Gasteiger partial charge < -0.3 is 14.8 Å². The zero-order chi connectivity index (χ0) is 18.4. The topological polar surface area (TPSA) is 71.3 Å². The van der Waals surface area contributed by atoms with Crippen LogP contribution in [0.4, 0.5) is 5.69 Å². The number of methoxy groups -OCH3 is 2. The molecule has 0 aliphatic rings. The van der Waals surface area contributed by atoms with Crippen LogP contribution < -0.4 is 14.8 Å². The highest BCUT2D eigenvalue weighted by Gasteiger charge is 2.14. The number of para-hydroxylation sites is 1. The lowest BCUT2D eigenvalue weighted by molar-refractivity contribution is -0.112. The van der Waals surface area contributed by atoms with Crippen LogP contribution in [0.1, 0.15) is 5.56 Å². The van der Waals surface area contributed by atoms with Crippen LogP contribution in [-0.2, 0) is 4.79 Å². The van der Waals surface area contributed by atoms with Gasteiger partial charge in [-0.15, -0.1) is 0 Å². The van der Waals surface area contributed by atoms with E-state index in [0.29, 0.717) is 27.2 Å². The molecule has 0 aromatic heterocycles. The van der Waals surface area contributed by atoms with Gasteiger partial charge in [-0.1, -0.05) is 28.1 Å². The van der Waals surface area contributed by atoms with E-state index < -0.39 is 5.91 Å². The maximum absolute atomic E-state index is 12.4. The minimum Gasteiger partial charge on any atom is -0.493 e. The van der Waals surface area contributed by atoms with Crippen LogP contribution in [0.3, 0.4) is 0 Å². The maximum atomic E-state index is 12.4. The fourth-order valence-electron chi connectivity index (χ4n) is 2.04. The molecule has 2 aromatic rings. The number of nitriles is 1. The molecule has 0 radical (unpaired) electrons. The molecule has 0 saturated carbocycles. The molecule has 0 fully saturated rings. The summed E-state index contributed by atoms with van der Waals surface area (Å²) in [7, 11) is 3.05. The highest BCUT2D eigenvalue weighted by molar-refractivity contribution is 9.11. The van der Waals surface area contributed by atoms with E-state index in [9.17, 15) is 10.1 Å². The lowest BCUT2D eigenvalue weighted by Gasteiger charge is -2.10. The number of halogens is 2. The Kier molecular flexibility index (Phi) is 6.62. The third-order valence-electron chi connectivity index (χ3n) is 3.29. The summed E-state index contributed by atoms with van der Waals surface area (Å²) >= 11 is 6.76. The van der Waals surface area contributed by atoms with Gasteiger partial charge in [-0.05, 0) is 51.8 Å². The minimum atomic E-state index is -0.504. The second kappa shape index (κ2) is 8.70. The number of carbonyl (C=O) groups excluding carboxylic acids is 1. The van der Waals surface area contributed by atoms with Crippen molar-refractivity contribution in [2.24, 2.45) is 0 Å². The van der Waals surface area contributed by atoms with Gasteiger partial charge in [-0.2, -0.15) is 5.26 Å². The van der Waals surface area contributed by atoms with E-state index in [-0.39, 0.29) is 5.57 Å². The Morgan fingerprint density at radius 1 is 1.12 bits per heavy atom. The van der Waals surface area contributed by atoms with Crippen molar-refractivity contribution in [3.8, 4) is 17.6 Å². The van der Waals surface area contributed by atoms with E-state index in [4.69, 9.17) is 9.47 Å². The quantitative estimate of drug-likeness (QED) is 0.509. The summed E-state index contributed by atoms with van der Waals surface area (Å²) in [5.74, 6) is 0.541. The van der Waals surface area contributed by atoms with Gasteiger partial charge in [0.05, 0.1) is 19.9 Å². The second-order valence-corrected chi connectivity index (χ2v) is 6.54. The number of benzene rings is 2. The van der Waals surface area contributed by atoms with E-state index in [1.807, 2.05) is 12.1 Å². The maximum Gasteiger partial charge on any atom is 0.266 e. The van der Waals surface area contributed by atoms with Crippen molar-refractivity contribution >= 4 is 49.5 Å². The molecule has 0 spiro atoms. The molecule has 0 bridgehead atoms. The van der Waals surface area contributed by atoms with Crippen molar-refractivity contribution in [3.05, 3.63) is 56.5 Å². The van der Waals surface area contributed by atoms with Gasteiger partial charge in [-0.25, -0.2) is 0 Å². The van der Waals surface area contributed by atoms with E-state index in [1.54, 1.807) is 30.3 Å². The fourth-order valence-corrected chi connectivity index (χ4v) is 2.86. The van der Waals surface area contributed by atoms with E-state index in [2.05, 4.69) is 37.2 Å². The molecule has 0 unspecified atom stereocenters. The summed E-state index contributed by atoms with van der Waals surface area (Å²) < 4.78 is 11.9. The number of nitrogens with zero attached hydrogens (tertiary/aromatic N) is 1. The number of hydrogen-bond donors (Lipinski definition) is 1. The van der Waals surface area contributed by atoms with Gasteiger partial charge in [0.25, 0.3) is 5.91 Å². The second-order valence-electron chi connectivity index (χ2n) is 4.83. The summed E-state index contributed by atoms with van der Waals surface area (Å²) in [4.78, 5) is 12.4. The van der Waals surface area contributed by atoms with Gasteiger partial charge in [0.2, 0.25) is 0 Å². The normalized spacial score (nSPS) is 10.8. The molecule has 1 amide bonds. The Hall–Kier alpha value is -2.30. The SMILES string of the molecule is COc1cc(Br)c(/C=C(/C#N)C(=O)Nc2ccccc2Br)cc1OC. The van der Waals surface area contributed by atoms with Crippen LogP contribution in [0.2, 0.25) is 0 Å². The van der Waals surface area contributed by atoms with E-state index >= 15 is 0 Å². The monoisotopic (exact) mass is 464 g/mol. The van der Waals surface area contributed by atoms with Crippen molar-refractivity contribution in [2.45, 2.75) is 0 Å². The predicted molar refractivity (Wildman–Crippen MR) is 104 cm³/mol. The van der Waals surface area contributed by atoms with Crippen LogP contribution >= 0.6 is 31.9 Å². The van der Waals surface area contributed by atoms with Crippen molar-refractivity contribution in [2.75, 3.05) is 19.5 Å². The molecule has 2 aromatic carbocycles. The first kappa shape index (κ1) is 19.0. The summed E-state index contributed by atoms with van der Waals surface area (Å²) in [5, 5.41) is 12.1. The summed E-state index contributed by atoms with van der Waals surface area (Å²) in [6, 6.07) is 12.5. The molecule has 0 aliphatic carbocycles. The number of nitrogens with one attached hydrogen (secondary N) is 1. The molecular weight excluding hydrogens is 452 g/mol. The average molecular weight is 466 g/mol. The lowest BCUT2D eigenvalue weighted by Crippen LogP contribution is -2.13. The molecule has 0 saturated heterocycles. The number of hydrogen-bond acceptors (Lipinski definition) is 4. The molecule has 2 rings (SSSR count). The Labute approximate surface area is 162 Å². The first-order valence-electron chi connectivity index (χ1n) is 7.09. The van der Waals surface area contributed by atoms with E-state index in [1.165, 1.54) is 20.3 Å². The van der Waals surface area contributed by atoms with Crippen LogP contribution in [0.5, 0.6) is 11.5 Å². The largest absolute Gasteiger partial charge is 0.493 e. The zero-order valence-corrected chi connectivity index (χ0v) is 16.6. The first-order valence-corrected chi connectivity index (χ1v) is 8.68. The number of amides is 1. The molecule has 0 aliphatic heterocycles. The van der Waals surface area contributed by atoms with Gasteiger partial charge in [0.15, 0.2) is 11.5 Å². The molecule has 0 atom stereocenters. The van der Waals surface area contributed by atoms with Gasteiger partial charge in [0.1, 0.15) is 11.6 Å². The van der Waals surface area contributed by atoms with Gasteiger partial charge >= 0.3 is 0 Å². The average Bonchev–Trinajstić information content (AvgIpc) is 2.62.